The Labute approximate surface area is 166 Å². The third-order valence-corrected chi connectivity index (χ3v) is 5.86. The molecule has 1 aliphatic heterocycles. The number of piperidine rings is 1. The topological polar surface area (TPSA) is 61.4 Å². The number of fused-ring (bicyclic) bond motifs is 1. The van der Waals surface area contributed by atoms with E-state index in [0.717, 1.165) is 24.9 Å². The molecule has 1 saturated heterocycles. The smallest absolute Gasteiger partial charge is 0.321 e. The third kappa shape index (κ3) is 4.19. The standard InChI is InChI=1S/C23H27N3O2/c27-22(25-21-12-6-8-17-7-4-5-11-20(17)21)18-13-15-26(16-14-18)23(28)24-19-9-2-1-3-10-19/h1-5,7,9-11,18,21H,6,8,12-16H2,(H,24,28)(H,25,27)/t21-/m1/s1. The fourth-order valence-corrected chi connectivity index (χ4v) is 4.26. The Morgan fingerprint density at radius 1 is 0.893 bits per heavy atom. The van der Waals surface area contributed by atoms with E-state index in [1.165, 1.54) is 11.1 Å². The van der Waals surface area contributed by atoms with Gasteiger partial charge in [0, 0.05) is 24.7 Å². The number of hydrogen-bond donors (Lipinski definition) is 2. The second-order valence-electron chi connectivity index (χ2n) is 7.71. The molecule has 28 heavy (non-hydrogen) atoms. The molecule has 0 unspecified atom stereocenters. The van der Waals surface area contributed by atoms with Gasteiger partial charge in [-0.1, -0.05) is 42.5 Å². The van der Waals surface area contributed by atoms with Crippen molar-refractivity contribution in [1.82, 2.24) is 10.2 Å². The Hall–Kier alpha value is -2.82. The molecule has 4 rings (SSSR count). The zero-order valence-electron chi connectivity index (χ0n) is 16.1. The molecule has 2 aliphatic rings. The van der Waals surface area contributed by atoms with E-state index in [9.17, 15) is 9.59 Å². The van der Waals surface area contributed by atoms with Crippen LogP contribution in [0.4, 0.5) is 10.5 Å². The largest absolute Gasteiger partial charge is 0.349 e. The number of carbonyl (C=O) groups is 2. The van der Waals surface area contributed by atoms with E-state index in [2.05, 4.69) is 28.8 Å². The summed E-state index contributed by atoms with van der Waals surface area (Å²) in [5.41, 5.74) is 3.41. The van der Waals surface area contributed by atoms with Gasteiger partial charge < -0.3 is 15.5 Å². The summed E-state index contributed by atoms with van der Waals surface area (Å²) in [4.78, 5) is 27.0. The first kappa shape index (κ1) is 18.5. The highest BCUT2D eigenvalue weighted by atomic mass is 16.2. The molecule has 1 aliphatic carbocycles. The molecule has 0 radical (unpaired) electrons. The van der Waals surface area contributed by atoms with Crippen LogP contribution in [0, 0.1) is 5.92 Å². The van der Waals surface area contributed by atoms with Crippen LogP contribution in [0.25, 0.3) is 0 Å². The Bertz CT molecular complexity index is 829. The monoisotopic (exact) mass is 377 g/mol. The van der Waals surface area contributed by atoms with E-state index in [4.69, 9.17) is 0 Å². The number of carbonyl (C=O) groups excluding carboxylic acids is 2. The van der Waals surface area contributed by atoms with Crippen LogP contribution >= 0.6 is 0 Å². The minimum atomic E-state index is -0.0914. The van der Waals surface area contributed by atoms with Crippen LogP contribution in [0.1, 0.15) is 42.9 Å². The van der Waals surface area contributed by atoms with Crippen molar-refractivity contribution in [2.24, 2.45) is 5.92 Å². The second-order valence-corrected chi connectivity index (χ2v) is 7.71. The number of benzene rings is 2. The number of para-hydroxylation sites is 1. The molecule has 5 nitrogen and oxygen atoms in total. The highest BCUT2D eigenvalue weighted by molar-refractivity contribution is 5.89. The van der Waals surface area contributed by atoms with Crippen LogP contribution in [-0.2, 0) is 11.2 Å². The zero-order chi connectivity index (χ0) is 19.3. The quantitative estimate of drug-likeness (QED) is 0.845. The van der Waals surface area contributed by atoms with Gasteiger partial charge >= 0.3 is 6.03 Å². The van der Waals surface area contributed by atoms with Gasteiger partial charge in [0.15, 0.2) is 0 Å². The van der Waals surface area contributed by atoms with Crippen LogP contribution < -0.4 is 10.6 Å². The fourth-order valence-electron chi connectivity index (χ4n) is 4.26. The summed E-state index contributed by atoms with van der Waals surface area (Å²) in [6, 6.07) is 17.9. The van der Waals surface area contributed by atoms with E-state index >= 15 is 0 Å². The maximum Gasteiger partial charge on any atom is 0.321 e. The predicted octanol–water partition coefficient (Wildman–Crippen LogP) is 4.12. The molecule has 3 amide bonds. The Balaban J connectivity index is 1.29. The summed E-state index contributed by atoms with van der Waals surface area (Å²) in [6.45, 7) is 1.22. The van der Waals surface area contributed by atoms with Crippen molar-refractivity contribution >= 4 is 17.6 Å². The molecule has 0 saturated carbocycles. The van der Waals surface area contributed by atoms with Gasteiger partial charge in [-0.05, 0) is 55.4 Å². The number of nitrogens with zero attached hydrogens (tertiary/aromatic N) is 1. The molecule has 5 heteroatoms. The maximum atomic E-state index is 12.8. The number of rotatable bonds is 3. The predicted molar refractivity (Wildman–Crippen MR) is 110 cm³/mol. The van der Waals surface area contributed by atoms with Crippen LogP contribution in [0.5, 0.6) is 0 Å². The van der Waals surface area contributed by atoms with Gasteiger partial charge in [-0.25, -0.2) is 4.79 Å². The molecule has 2 N–H and O–H groups in total. The molecule has 146 valence electrons. The number of aryl methyl sites for hydroxylation is 1. The summed E-state index contributed by atoms with van der Waals surface area (Å²) in [6.07, 6.45) is 4.63. The SMILES string of the molecule is O=C(N[C@@H]1CCCc2ccccc21)C1CCN(C(=O)Nc2ccccc2)CC1. The number of nitrogens with one attached hydrogen (secondary N) is 2. The highest BCUT2D eigenvalue weighted by Crippen LogP contribution is 2.30. The van der Waals surface area contributed by atoms with Crippen molar-refractivity contribution in [3.63, 3.8) is 0 Å². The van der Waals surface area contributed by atoms with Crippen LogP contribution in [0.2, 0.25) is 0 Å². The van der Waals surface area contributed by atoms with Gasteiger partial charge in [0.25, 0.3) is 0 Å². The minimum Gasteiger partial charge on any atom is -0.349 e. The van der Waals surface area contributed by atoms with Crippen LogP contribution in [0.15, 0.2) is 54.6 Å². The minimum absolute atomic E-state index is 0.0186. The number of amides is 3. The lowest BCUT2D eigenvalue weighted by atomic mass is 9.87. The molecule has 1 atom stereocenters. The van der Waals surface area contributed by atoms with E-state index in [-0.39, 0.29) is 23.9 Å². The van der Waals surface area contributed by atoms with E-state index in [1.807, 2.05) is 36.4 Å². The molecule has 2 aromatic rings. The van der Waals surface area contributed by atoms with Crippen molar-refractivity contribution < 1.29 is 9.59 Å². The lowest BCUT2D eigenvalue weighted by Gasteiger charge is -2.33. The average Bonchev–Trinajstić information content (AvgIpc) is 2.75. The molecule has 0 bridgehead atoms. The highest BCUT2D eigenvalue weighted by Gasteiger charge is 2.30. The molecule has 0 spiro atoms. The van der Waals surface area contributed by atoms with Gasteiger partial charge in [0.1, 0.15) is 0 Å². The average molecular weight is 377 g/mol. The van der Waals surface area contributed by atoms with Crippen LogP contribution in [0.3, 0.4) is 0 Å². The van der Waals surface area contributed by atoms with E-state index in [0.29, 0.717) is 25.9 Å². The summed E-state index contributed by atoms with van der Waals surface area (Å²) < 4.78 is 0. The van der Waals surface area contributed by atoms with Crippen molar-refractivity contribution in [2.45, 2.75) is 38.1 Å². The van der Waals surface area contributed by atoms with E-state index in [1.54, 1.807) is 4.90 Å². The molecule has 1 heterocycles. The molecular formula is C23H27N3O2. The fraction of sp³-hybridized carbons (Fsp3) is 0.391. The van der Waals surface area contributed by atoms with E-state index < -0.39 is 0 Å². The molecular weight excluding hydrogens is 350 g/mol. The van der Waals surface area contributed by atoms with Crippen molar-refractivity contribution in [3.8, 4) is 0 Å². The van der Waals surface area contributed by atoms with Crippen LogP contribution in [-0.4, -0.2) is 29.9 Å². The first-order valence-electron chi connectivity index (χ1n) is 10.2. The second kappa shape index (κ2) is 8.46. The lowest BCUT2D eigenvalue weighted by molar-refractivity contribution is -0.127. The number of urea groups is 1. The summed E-state index contributed by atoms with van der Waals surface area (Å²) in [5, 5.41) is 6.19. The van der Waals surface area contributed by atoms with Gasteiger partial charge in [-0.2, -0.15) is 0 Å². The number of anilines is 1. The first-order valence-corrected chi connectivity index (χ1v) is 10.2. The van der Waals surface area contributed by atoms with Crippen molar-refractivity contribution in [1.29, 1.82) is 0 Å². The summed E-state index contributed by atoms with van der Waals surface area (Å²) in [5.74, 6) is 0.111. The molecule has 1 fully saturated rings. The number of likely N-dealkylation sites (tertiary alicyclic amines) is 1. The third-order valence-electron chi connectivity index (χ3n) is 5.86. The number of hydrogen-bond acceptors (Lipinski definition) is 2. The normalized spacial score (nSPS) is 19.6. The van der Waals surface area contributed by atoms with Gasteiger partial charge in [-0.15, -0.1) is 0 Å². The van der Waals surface area contributed by atoms with Gasteiger partial charge in [0.05, 0.1) is 6.04 Å². The van der Waals surface area contributed by atoms with Gasteiger partial charge in [-0.3, -0.25) is 4.79 Å². The van der Waals surface area contributed by atoms with Crippen molar-refractivity contribution in [3.05, 3.63) is 65.7 Å². The van der Waals surface area contributed by atoms with Gasteiger partial charge in [0.2, 0.25) is 5.91 Å². The molecule has 0 aromatic heterocycles. The maximum absolute atomic E-state index is 12.8. The zero-order valence-corrected chi connectivity index (χ0v) is 16.1. The Morgan fingerprint density at radius 3 is 2.39 bits per heavy atom. The summed E-state index contributed by atoms with van der Waals surface area (Å²) >= 11 is 0. The molecule has 2 aromatic carbocycles. The summed E-state index contributed by atoms with van der Waals surface area (Å²) in [7, 11) is 0. The first-order chi connectivity index (χ1) is 13.7. The lowest BCUT2D eigenvalue weighted by Crippen LogP contribution is -2.45. The Kier molecular flexibility index (Phi) is 5.60. The van der Waals surface area contributed by atoms with Crippen molar-refractivity contribution in [2.75, 3.05) is 18.4 Å². The Morgan fingerprint density at radius 2 is 1.61 bits per heavy atom.